The number of carbonyl (C=O) groups excluding carboxylic acids is 3. The van der Waals surface area contributed by atoms with Crippen LogP contribution in [0.5, 0.6) is 0 Å². The van der Waals surface area contributed by atoms with Gasteiger partial charge in [0.05, 0.1) is 17.4 Å². The van der Waals surface area contributed by atoms with Gasteiger partial charge in [-0.3, -0.25) is 14.4 Å². The SMILES string of the molecule is CC(C)C1=C2C3CCC4[C@@]5(C)CC[C@H](OC(=O)CC(C)(C)C(=O)O)C(C)(C)C5CC[C@@]4(C)[C@]3(C)CCC2(NC(=O)OC(C)C2CC2)CC1=O. The van der Waals surface area contributed by atoms with Gasteiger partial charge in [-0.15, -0.1) is 0 Å². The number of Topliss-reactive ketones (excluding diaryl/α,β-unsaturated/α-hetero) is 1. The van der Waals surface area contributed by atoms with Crippen molar-refractivity contribution in [2.75, 3.05) is 0 Å². The minimum atomic E-state index is -1.16. The van der Waals surface area contributed by atoms with Gasteiger partial charge in [-0.2, -0.15) is 0 Å². The summed E-state index contributed by atoms with van der Waals surface area (Å²) in [5.41, 5.74) is 0.157. The second-order valence-corrected chi connectivity index (χ2v) is 19.6. The predicted octanol–water partition coefficient (Wildman–Crippen LogP) is 8.66. The van der Waals surface area contributed by atoms with Gasteiger partial charge in [-0.05, 0) is 142 Å². The maximum absolute atomic E-state index is 13.9. The normalized spacial score (nSPS) is 40.4. The lowest BCUT2D eigenvalue weighted by Crippen LogP contribution is -2.67. The smallest absolute Gasteiger partial charge is 0.408 e. The highest BCUT2D eigenvalue weighted by molar-refractivity contribution is 6.02. The Labute approximate surface area is 294 Å². The minimum Gasteiger partial charge on any atom is -0.481 e. The highest BCUT2D eigenvalue weighted by Gasteiger charge is 2.70. The van der Waals surface area contributed by atoms with Crippen molar-refractivity contribution in [2.24, 2.45) is 56.7 Å². The molecule has 2 N–H and O–H groups in total. The van der Waals surface area contributed by atoms with Crippen LogP contribution in [-0.4, -0.2) is 46.7 Å². The number of amides is 1. The topological polar surface area (TPSA) is 119 Å². The standard InChI is InChI=1S/C41H63NO7/c1-23(2)32-27(43)21-41(42-35(47)48-24(3)25-11-12-25)20-19-39(9)26(33(32)41)13-14-29-38(8)17-16-30(49-31(44)22-36(4,5)34(45)46)37(6,7)28(38)15-18-40(29,39)10/h23-26,28-30H,11-22H2,1-10H3,(H,42,47)(H,45,46)/t24?,26?,28?,29?,30-,38-,39+,40+,41?/m0/s1. The molecule has 0 aromatic heterocycles. The molecule has 274 valence electrons. The first-order valence-electron chi connectivity index (χ1n) is 19.3. The highest BCUT2D eigenvalue weighted by atomic mass is 16.6. The summed E-state index contributed by atoms with van der Waals surface area (Å²) in [6, 6.07) is 0. The van der Waals surface area contributed by atoms with Gasteiger partial charge >= 0.3 is 18.0 Å². The van der Waals surface area contributed by atoms with E-state index in [1.54, 1.807) is 13.8 Å². The van der Waals surface area contributed by atoms with Gasteiger partial charge < -0.3 is 19.9 Å². The second kappa shape index (κ2) is 11.8. The number of ether oxygens (including phenoxy) is 2. The lowest BCUT2D eigenvalue weighted by Gasteiger charge is -2.72. The van der Waals surface area contributed by atoms with Crippen LogP contribution in [0.25, 0.3) is 0 Å². The van der Waals surface area contributed by atoms with Crippen LogP contribution < -0.4 is 5.32 Å². The Morgan fingerprint density at radius 1 is 0.878 bits per heavy atom. The summed E-state index contributed by atoms with van der Waals surface area (Å²) in [7, 11) is 0. The quantitative estimate of drug-likeness (QED) is 0.246. The minimum absolute atomic E-state index is 0.0315. The Morgan fingerprint density at radius 3 is 2.16 bits per heavy atom. The number of aliphatic carboxylic acids is 1. The molecule has 0 aliphatic heterocycles. The fourth-order valence-electron chi connectivity index (χ4n) is 12.6. The molecule has 0 spiro atoms. The number of nitrogens with one attached hydrogen (secondary N) is 1. The van der Waals surface area contributed by atoms with Crippen LogP contribution in [0.2, 0.25) is 0 Å². The number of esters is 1. The van der Waals surface area contributed by atoms with Crippen LogP contribution >= 0.6 is 0 Å². The second-order valence-electron chi connectivity index (χ2n) is 19.6. The first-order chi connectivity index (χ1) is 22.6. The van der Waals surface area contributed by atoms with E-state index in [-0.39, 0.29) is 64.0 Å². The van der Waals surface area contributed by atoms with Gasteiger partial charge in [0.25, 0.3) is 0 Å². The molecule has 1 amide bonds. The number of carboxylic acid groups (broad SMARTS) is 1. The van der Waals surface area contributed by atoms with E-state index in [1.807, 2.05) is 6.92 Å². The number of fused-ring (bicyclic) bond motifs is 7. The molecule has 0 bridgehead atoms. The summed E-state index contributed by atoms with van der Waals surface area (Å²) in [6.45, 7) is 21.5. The van der Waals surface area contributed by atoms with Crippen molar-refractivity contribution < 1.29 is 33.8 Å². The van der Waals surface area contributed by atoms with Crippen molar-refractivity contribution in [3.05, 3.63) is 11.1 Å². The molecule has 8 nitrogen and oxygen atoms in total. The first kappa shape index (κ1) is 36.4. The molecule has 9 atom stereocenters. The highest BCUT2D eigenvalue weighted by Crippen LogP contribution is 2.76. The number of carbonyl (C=O) groups is 4. The molecule has 0 radical (unpaired) electrons. The van der Waals surface area contributed by atoms with E-state index in [9.17, 15) is 24.3 Å². The van der Waals surface area contributed by atoms with Gasteiger partial charge in [0.2, 0.25) is 0 Å². The summed E-state index contributed by atoms with van der Waals surface area (Å²) < 4.78 is 12.0. The van der Waals surface area contributed by atoms with Crippen molar-refractivity contribution >= 4 is 23.8 Å². The average Bonchev–Trinajstić information content (AvgIpc) is 3.78. The van der Waals surface area contributed by atoms with Crippen LogP contribution in [-0.2, 0) is 23.9 Å². The Morgan fingerprint density at radius 2 is 1.55 bits per heavy atom. The summed E-state index contributed by atoms with van der Waals surface area (Å²) in [6.07, 6.45) is 9.31. The third-order valence-corrected chi connectivity index (χ3v) is 15.7. The average molecular weight is 682 g/mol. The van der Waals surface area contributed by atoms with E-state index in [2.05, 4.69) is 53.8 Å². The van der Waals surface area contributed by atoms with E-state index >= 15 is 0 Å². The van der Waals surface area contributed by atoms with Crippen LogP contribution in [0.4, 0.5) is 4.79 Å². The lowest BCUT2D eigenvalue weighted by molar-refractivity contribution is -0.232. The van der Waals surface area contributed by atoms with Crippen molar-refractivity contribution in [2.45, 2.75) is 164 Å². The molecule has 5 unspecified atom stereocenters. The summed E-state index contributed by atoms with van der Waals surface area (Å²) in [4.78, 5) is 52.1. The van der Waals surface area contributed by atoms with E-state index in [1.165, 1.54) is 5.57 Å². The van der Waals surface area contributed by atoms with Crippen LogP contribution in [0.15, 0.2) is 11.1 Å². The van der Waals surface area contributed by atoms with E-state index in [0.29, 0.717) is 24.2 Å². The molecule has 6 rings (SSSR count). The molecule has 6 aliphatic rings. The molecule has 8 heteroatoms. The van der Waals surface area contributed by atoms with Crippen LogP contribution in [0.1, 0.15) is 146 Å². The largest absolute Gasteiger partial charge is 0.481 e. The van der Waals surface area contributed by atoms with Gasteiger partial charge in [-0.25, -0.2) is 4.79 Å². The Balaban J connectivity index is 1.27. The van der Waals surface area contributed by atoms with E-state index in [0.717, 1.165) is 69.8 Å². The number of alkyl carbamates (subject to hydrolysis) is 1. The van der Waals surface area contributed by atoms with E-state index in [4.69, 9.17) is 9.47 Å². The number of rotatable bonds is 8. The van der Waals surface area contributed by atoms with Gasteiger partial charge in [0, 0.05) is 11.8 Å². The number of carboxylic acids is 1. The summed E-state index contributed by atoms with van der Waals surface area (Å²) in [5, 5.41) is 12.9. The predicted molar refractivity (Wildman–Crippen MR) is 187 cm³/mol. The van der Waals surface area contributed by atoms with Crippen molar-refractivity contribution in [1.29, 1.82) is 0 Å². The summed E-state index contributed by atoms with van der Waals surface area (Å²) >= 11 is 0. The number of ketones is 1. The molecule has 0 aromatic rings. The molecular formula is C41H63NO7. The molecular weight excluding hydrogens is 618 g/mol. The van der Waals surface area contributed by atoms with Crippen molar-refractivity contribution in [3.63, 3.8) is 0 Å². The third-order valence-electron chi connectivity index (χ3n) is 15.7. The number of allylic oxidation sites excluding steroid dienone is 1. The van der Waals surface area contributed by atoms with Gasteiger partial charge in [0.1, 0.15) is 12.2 Å². The maximum Gasteiger partial charge on any atom is 0.408 e. The summed E-state index contributed by atoms with van der Waals surface area (Å²) in [5.74, 6) is 0.377. The Bertz CT molecular complexity index is 1440. The molecule has 5 fully saturated rings. The molecule has 0 aromatic carbocycles. The van der Waals surface area contributed by atoms with Crippen molar-refractivity contribution in [1.82, 2.24) is 5.32 Å². The molecule has 6 aliphatic carbocycles. The van der Waals surface area contributed by atoms with Gasteiger partial charge in [-0.1, -0.05) is 48.5 Å². The van der Waals surface area contributed by atoms with Gasteiger partial charge in [0.15, 0.2) is 5.78 Å². The van der Waals surface area contributed by atoms with Crippen LogP contribution in [0.3, 0.4) is 0 Å². The number of hydrogen-bond acceptors (Lipinski definition) is 6. The molecule has 0 heterocycles. The molecule has 49 heavy (non-hydrogen) atoms. The zero-order valence-electron chi connectivity index (χ0n) is 31.9. The fourth-order valence-corrected chi connectivity index (χ4v) is 12.6. The fraction of sp³-hybridized carbons (Fsp3) is 0.854. The zero-order valence-corrected chi connectivity index (χ0v) is 31.9. The lowest BCUT2D eigenvalue weighted by atomic mass is 9.33. The maximum atomic E-state index is 13.9. The molecule has 0 saturated heterocycles. The Hall–Kier alpha value is -2.38. The molecule has 5 saturated carbocycles. The third kappa shape index (κ3) is 5.59. The monoisotopic (exact) mass is 681 g/mol. The number of hydrogen-bond donors (Lipinski definition) is 2. The van der Waals surface area contributed by atoms with E-state index < -0.39 is 22.9 Å². The Kier molecular flexibility index (Phi) is 8.79. The van der Waals surface area contributed by atoms with Crippen LogP contribution in [0, 0.1) is 56.7 Å². The zero-order chi connectivity index (χ0) is 36.1. The van der Waals surface area contributed by atoms with Crippen molar-refractivity contribution in [3.8, 4) is 0 Å². The first-order valence-corrected chi connectivity index (χ1v) is 19.3.